The third kappa shape index (κ3) is 3.81. The van der Waals surface area contributed by atoms with Gasteiger partial charge in [0.15, 0.2) is 0 Å². The van der Waals surface area contributed by atoms with Crippen molar-refractivity contribution in [2.24, 2.45) is 0 Å². The van der Waals surface area contributed by atoms with Crippen LogP contribution in [0.3, 0.4) is 0 Å². The fourth-order valence-electron chi connectivity index (χ4n) is 3.82. The van der Waals surface area contributed by atoms with Crippen molar-refractivity contribution < 1.29 is 0 Å². The molecule has 0 saturated heterocycles. The molecule has 0 unspecified atom stereocenters. The molecule has 141 valence electrons. The van der Waals surface area contributed by atoms with Crippen LogP contribution < -0.4 is 0 Å². The quantitative estimate of drug-likeness (QED) is 0.294. The van der Waals surface area contributed by atoms with Crippen molar-refractivity contribution in [1.29, 1.82) is 0 Å². The predicted molar refractivity (Wildman–Crippen MR) is 127 cm³/mol. The lowest BCUT2D eigenvalue weighted by Gasteiger charge is -2.10. The lowest BCUT2D eigenvalue weighted by atomic mass is 9.95. The molecule has 0 nitrogen and oxygen atoms in total. The molecule has 5 aromatic carbocycles. The SMILES string of the molecule is [c]1cc(-c2cccc(-c3ccccc3)c2)cc(-c2cccc(-c3ccccc3)c2)c1. The molecule has 30 heavy (non-hydrogen) atoms. The number of rotatable bonds is 4. The van der Waals surface area contributed by atoms with Gasteiger partial charge in [0.05, 0.1) is 0 Å². The van der Waals surface area contributed by atoms with E-state index < -0.39 is 0 Å². The Balaban J connectivity index is 1.52. The van der Waals surface area contributed by atoms with Crippen molar-refractivity contribution in [3.8, 4) is 44.5 Å². The number of hydrogen-bond donors (Lipinski definition) is 0. The van der Waals surface area contributed by atoms with E-state index in [0.29, 0.717) is 0 Å². The molecular formula is C30H21. The average Bonchev–Trinajstić information content (AvgIpc) is 2.85. The Kier molecular flexibility index (Phi) is 4.98. The molecule has 0 spiro atoms. The Morgan fingerprint density at radius 3 is 1.07 bits per heavy atom. The summed E-state index contributed by atoms with van der Waals surface area (Å²) in [6, 6.07) is 48.2. The molecule has 0 aliphatic carbocycles. The van der Waals surface area contributed by atoms with Crippen LogP contribution in [-0.2, 0) is 0 Å². The van der Waals surface area contributed by atoms with E-state index in [9.17, 15) is 0 Å². The largest absolute Gasteiger partial charge is 0.0622 e. The van der Waals surface area contributed by atoms with Crippen molar-refractivity contribution in [1.82, 2.24) is 0 Å². The topological polar surface area (TPSA) is 0 Å². The second-order valence-electron chi connectivity index (χ2n) is 7.40. The van der Waals surface area contributed by atoms with E-state index in [4.69, 9.17) is 0 Å². The van der Waals surface area contributed by atoms with Gasteiger partial charge in [0.1, 0.15) is 0 Å². The molecular weight excluding hydrogens is 360 g/mol. The van der Waals surface area contributed by atoms with Gasteiger partial charge >= 0.3 is 0 Å². The van der Waals surface area contributed by atoms with E-state index in [1.165, 1.54) is 44.5 Å². The minimum absolute atomic E-state index is 1.18. The first kappa shape index (κ1) is 18.1. The van der Waals surface area contributed by atoms with Crippen LogP contribution >= 0.6 is 0 Å². The van der Waals surface area contributed by atoms with Gasteiger partial charge in [-0.1, -0.05) is 97.1 Å². The first-order valence-electron chi connectivity index (χ1n) is 10.2. The summed E-state index contributed by atoms with van der Waals surface area (Å²) in [4.78, 5) is 0. The third-order valence-corrected chi connectivity index (χ3v) is 5.39. The predicted octanol–water partition coefficient (Wildman–Crippen LogP) is 8.15. The first-order valence-corrected chi connectivity index (χ1v) is 10.2. The van der Waals surface area contributed by atoms with Gasteiger partial charge in [0.25, 0.3) is 0 Å². The molecule has 0 aliphatic heterocycles. The Hall–Kier alpha value is -3.90. The van der Waals surface area contributed by atoms with Crippen LogP contribution in [0, 0.1) is 6.07 Å². The number of hydrogen-bond acceptors (Lipinski definition) is 0. The summed E-state index contributed by atoms with van der Waals surface area (Å²) in [5.74, 6) is 0. The average molecular weight is 381 g/mol. The van der Waals surface area contributed by atoms with E-state index >= 15 is 0 Å². The zero-order valence-electron chi connectivity index (χ0n) is 16.6. The van der Waals surface area contributed by atoms with Crippen molar-refractivity contribution in [3.05, 3.63) is 133 Å². The Labute approximate surface area is 178 Å². The summed E-state index contributed by atoms with van der Waals surface area (Å²) in [5.41, 5.74) is 9.67. The van der Waals surface area contributed by atoms with Crippen LogP contribution in [0.4, 0.5) is 0 Å². The Morgan fingerprint density at radius 2 is 0.633 bits per heavy atom. The van der Waals surface area contributed by atoms with Gasteiger partial charge in [0.2, 0.25) is 0 Å². The summed E-state index contributed by atoms with van der Waals surface area (Å²) in [5, 5.41) is 0. The van der Waals surface area contributed by atoms with Crippen molar-refractivity contribution in [3.63, 3.8) is 0 Å². The van der Waals surface area contributed by atoms with Gasteiger partial charge in [-0.05, 0) is 80.9 Å². The van der Waals surface area contributed by atoms with Crippen LogP contribution in [0.1, 0.15) is 0 Å². The molecule has 0 heterocycles. The summed E-state index contributed by atoms with van der Waals surface area (Å²) in [7, 11) is 0. The summed E-state index contributed by atoms with van der Waals surface area (Å²) in [6.45, 7) is 0. The Morgan fingerprint density at radius 1 is 0.300 bits per heavy atom. The van der Waals surface area contributed by atoms with Gasteiger partial charge < -0.3 is 0 Å². The Bertz CT molecular complexity index is 1170. The molecule has 5 rings (SSSR count). The smallest absolute Gasteiger partial charge is 0.0171 e. The second kappa shape index (κ2) is 8.23. The molecule has 0 heteroatoms. The van der Waals surface area contributed by atoms with E-state index in [1.54, 1.807) is 0 Å². The molecule has 0 amide bonds. The van der Waals surface area contributed by atoms with Gasteiger partial charge in [0, 0.05) is 0 Å². The van der Waals surface area contributed by atoms with Gasteiger partial charge in [-0.2, -0.15) is 0 Å². The standard InChI is InChI=1S/C30H21/c1-3-10-23(11-4-1)25-14-7-16-27(20-25)29-18-9-19-30(22-29)28-17-8-15-26(21-28)24-12-5-2-6-13-24/h1-8,10-22H. The van der Waals surface area contributed by atoms with Crippen LogP contribution in [-0.4, -0.2) is 0 Å². The molecule has 5 aromatic rings. The minimum Gasteiger partial charge on any atom is -0.0622 e. The minimum atomic E-state index is 1.18. The van der Waals surface area contributed by atoms with Crippen LogP contribution in [0.15, 0.2) is 127 Å². The summed E-state index contributed by atoms with van der Waals surface area (Å²) >= 11 is 0. The lowest BCUT2D eigenvalue weighted by molar-refractivity contribution is 1.56. The molecule has 0 aliphatic rings. The van der Waals surface area contributed by atoms with Crippen LogP contribution in [0.2, 0.25) is 0 Å². The van der Waals surface area contributed by atoms with Gasteiger partial charge in [-0.25, -0.2) is 0 Å². The molecule has 0 aromatic heterocycles. The fraction of sp³-hybridized carbons (Fsp3) is 0. The van der Waals surface area contributed by atoms with E-state index in [-0.39, 0.29) is 0 Å². The highest BCUT2D eigenvalue weighted by Gasteiger charge is 2.05. The lowest BCUT2D eigenvalue weighted by Crippen LogP contribution is -1.84. The molecule has 0 N–H and O–H groups in total. The number of benzene rings is 5. The second-order valence-corrected chi connectivity index (χ2v) is 7.40. The van der Waals surface area contributed by atoms with E-state index in [2.05, 4.69) is 133 Å². The highest BCUT2D eigenvalue weighted by molar-refractivity contribution is 5.78. The van der Waals surface area contributed by atoms with Crippen molar-refractivity contribution in [2.75, 3.05) is 0 Å². The normalized spacial score (nSPS) is 10.7. The maximum Gasteiger partial charge on any atom is -0.0171 e. The first-order chi connectivity index (χ1) is 14.9. The van der Waals surface area contributed by atoms with Crippen LogP contribution in [0.5, 0.6) is 0 Å². The van der Waals surface area contributed by atoms with E-state index in [0.717, 1.165) is 0 Å². The monoisotopic (exact) mass is 381 g/mol. The summed E-state index contributed by atoms with van der Waals surface area (Å²) in [6.07, 6.45) is 0. The van der Waals surface area contributed by atoms with Crippen molar-refractivity contribution >= 4 is 0 Å². The van der Waals surface area contributed by atoms with Crippen molar-refractivity contribution in [2.45, 2.75) is 0 Å². The fourth-order valence-corrected chi connectivity index (χ4v) is 3.82. The van der Waals surface area contributed by atoms with Gasteiger partial charge in [-0.15, -0.1) is 0 Å². The molecule has 0 saturated carbocycles. The zero-order chi connectivity index (χ0) is 20.2. The molecule has 0 atom stereocenters. The highest BCUT2D eigenvalue weighted by atomic mass is 14.1. The maximum absolute atomic E-state index is 3.35. The summed E-state index contributed by atoms with van der Waals surface area (Å²) < 4.78 is 0. The van der Waals surface area contributed by atoms with Gasteiger partial charge in [-0.3, -0.25) is 0 Å². The zero-order valence-corrected chi connectivity index (χ0v) is 16.6. The maximum atomic E-state index is 3.35. The van der Waals surface area contributed by atoms with E-state index in [1.807, 2.05) is 0 Å². The third-order valence-electron chi connectivity index (χ3n) is 5.39. The molecule has 0 bridgehead atoms. The molecule has 1 radical (unpaired) electrons. The van der Waals surface area contributed by atoms with Crippen LogP contribution in [0.25, 0.3) is 44.5 Å². The molecule has 0 fully saturated rings. The highest BCUT2D eigenvalue weighted by Crippen LogP contribution is 2.31.